The summed E-state index contributed by atoms with van der Waals surface area (Å²) < 4.78 is 0. The second kappa shape index (κ2) is 15.0. The molecule has 0 aliphatic rings. The topological polar surface area (TPSA) is 3.24 Å². The molecule has 0 radical (unpaired) electrons. The van der Waals surface area contributed by atoms with Gasteiger partial charge in [0, 0.05) is 16.8 Å². The summed E-state index contributed by atoms with van der Waals surface area (Å²) in [6, 6.07) is 85.7. The zero-order chi connectivity index (χ0) is 38.0. The van der Waals surface area contributed by atoms with E-state index < -0.39 is 0 Å². The Morgan fingerprint density at radius 3 is 1.40 bits per heavy atom. The Balaban J connectivity index is 1.20. The summed E-state index contributed by atoms with van der Waals surface area (Å²) in [7, 11) is 0. The molecule has 0 saturated heterocycles. The summed E-state index contributed by atoms with van der Waals surface area (Å²) >= 11 is 0. The van der Waals surface area contributed by atoms with Gasteiger partial charge in [0.05, 0.1) is 11.4 Å². The van der Waals surface area contributed by atoms with Crippen LogP contribution in [0, 0.1) is 0 Å². The van der Waals surface area contributed by atoms with Gasteiger partial charge >= 0.3 is 0 Å². The molecule has 0 unspecified atom stereocenters. The number of anilines is 3. The number of hydrogen-bond acceptors (Lipinski definition) is 1. The highest BCUT2D eigenvalue weighted by Crippen LogP contribution is 2.47. The molecule has 1 heteroatoms. The maximum absolute atomic E-state index is 2.46. The summed E-state index contributed by atoms with van der Waals surface area (Å²) in [5.41, 5.74) is 15.1. The van der Waals surface area contributed by atoms with Crippen LogP contribution in [0.15, 0.2) is 237 Å². The Kier molecular flexibility index (Phi) is 8.95. The van der Waals surface area contributed by atoms with Gasteiger partial charge in [-0.05, 0) is 102 Å². The van der Waals surface area contributed by atoms with E-state index in [1.165, 1.54) is 71.6 Å². The Bertz CT molecular complexity index is 2990. The third-order valence-corrected chi connectivity index (χ3v) is 11.1. The van der Waals surface area contributed by atoms with Gasteiger partial charge in [0.1, 0.15) is 0 Å². The van der Waals surface area contributed by atoms with Crippen molar-refractivity contribution < 1.29 is 0 Å². The van der Waals surface area contributed by atoms with Crippen LogP contribution >= 0.6 is 0 Å². The van der Waals surface area contributed by atoms with Crippen LogP contribution in [0.3, 0.4) is 0 Å². The molecule has 0 aliphatic carbocycles. The minimum absolute atomic E-state index is 1.08. The first-order valence-corrected chi connectivity index (χ1v) is 19.6. The van der Waals surface area contributed by atoms with E-state index in [4.69, 9.17) is 0 Å². The van der Waals surface area contributed by atoms with Gasteiger partial charge < -0.3 is 4.90 Å². The first kappa shape index (κ1) is 34.0. The van der Waals surface area contributed by atoms with E-state index in [1.54, 1.807) is 0 Å². The van der Waals surface area contributed by atoms with E-state index in [-0.39, 0.29) is 0 Å². The van der Waals surface area contributed by atoms with Crippen molar-refractivity contribution in [2.45, 2.75) is 0 Å². The van der Waals surface area contributed by atoms with Gasteiger partial charge in [-0.1, -0.05) is 200 Å². The van der Waals surface area contributed by atoms with Crippen molar-refractivity contribution in [3.05, 3.63) is 237 Å². The van der Waals surface area contributed by atoms with Gasteiger partial charge in [-0.25, -0.2) is 0 Å². The molecule has 0 atom stereocenters. The molecule has 1 nitrogen and oxygen atoms in total. The van der Waals surface area contributed by atoms with Crippen molar-refractivity contribution in [3.63, 3.8) is 0 Å². The molecule has 268 valence electrons. The Morgan fingerprint density at radius 1 is 0.228 bits per heavy atom. The molecule has 10 rings (SSSR count). The number of fused-ring (bicyclic) bond motifs is 3. The second-order valence-corrected chi connectivity index (χ2v) is 14.5. The minimum Gasteiger partial charge on any atom is -0.309 e. The van der Waals surface area contributed by atoms with Gasteiger partial charge in [0.15, 0.2) is 0 Å². The van der Waals surface area contributed by atoms with Crippen LogP contribution in [0.5, 0.6) is 0 Å². The summed E-state index contributed by atoms with van der Waals surface area (Å²) in [4.78, 5) is 2.46. The first-order chi connectivity index (χ1) is 28.3. The lowest BCUT2D eigenvalue weighted by atomic mass is 9.91. The average molecular weight is 726 g/mol. The summed E-state index contributed by atoms with van der Waals surface area (Å²) in [5.74, 6) is 0. The highest BCUT2D eigenvalue weighted by molar-refractivity contribution is 6.14. The fraction of sp³-hybridized carbons (Fsp3) is 0. The molecule has 0 N–H and O–H groups in total. The molecule has 0 bridgehead atoms. The molecular formula is C56H39N. The van der Waals surface area contributed by atoms with Gasteiger partial charge in [0.2, 0.25) is 0 Å². The van der Waals surface area contributed by atoms with Crippen molar-refractivity contribution >= 4 is 38.6 Å². The molecule has 10 aromatic rings. The fourth-order valence-electron chi connectivity index (χ4n) is 8.29. The van der Waals surface area contributed by atoms with E-state index in [1.807, 2.05) is 0 Å². The Morgan fingerprint density at radius 2 is 0.719 bits per heavy atom. The molecular weight excluding hydrogens is 687 g/mol. The van der Waals surface area contributed by atoms with Crippen LogP contribution in [0.2, 0.25) is 0 Å². The molecule has 0 heterocycles. The highest BCUT2D eigenvalue weighted by Gasteiger charge is 2.22. The van der Waals surface area contributed by atoms with Crippen LogP contribution < -0.4 is 4.90 Å². The SMILES string of the molecule is c1ccc(-c2cccc(-c3ccc(N(c4ccccc4-c4ccccc4)c4cc(-c5cc6ccccc6c6ccccc56)ccc4-c4ccccc4)cc3)c2)cc1. The number of para-hydroxylation sites is 1. The maximum Gasteiger partial charge on any atom is 0.0546 e. The number of nitrogens with zero attached hydrogens (tertiary/aromatic N) is 1. The van der Waals surface area contributed by atoms with Gasteiger partial charge in [-0.3, -0.25) is 0 Å². The van der Waals surface area contributed by atoms with E-state index in [2.05, 4.69) is 241 Å². The molecule has 0 spiro atoms. The van der Waals surface area contributed by atoms with Crippen molar-refractivity contribution in [2.24, 2.45) is 0 Å². The third kappa shape index (κ3) is 6.56. The fourth-order valence-corrected chi connectivity index (χ4v) is 8.29. The molecule has 0 aromatic heterocycles. The molecule has 0 amide bonds. The van der Waals surface area contributed by atoms with E-state index in [0.717, 1.165) is 22.6 Å². The number of benzene rings is 10. The summed E-state index contributed by atoms with van der Waals surface area (Å²) in [6.45, 7) is 0. The quantitative estimate of drug-likeness (QED) is 0.141. The smallest absolute Gasteiger partial charge is 0.0546 e. The first-order valence-electron chi connectivity index (χ1n) is 19.6. The lowest BCUT2D eigenvalue weighted by Gasteiger charge is -2.30. The third-order valence-electron chi connectivity index (χ3n) is 11.1. The Hall–Kier alpha value is -7.48. The summed E-state index contributed by atoms with van der Waals surface area (Å²) in [6.07, 6.45) is 0. The zero-order valence-corrected chi connectivity index (χ0v) is 31.5. The molecule has 0 saturated carbocycles. The highest BCUT2D eigenvalue weighted by atomic mass is 15.1. The van der Waals surface area contributed by atoms with Gasteiger partial charge in [-0.15, -0.1) is 0 Å². The predicted octanol–water partition coefficient (Wildman–Crippen LogP) is 15.8. The van der Waals surface area contributed by atoms with Crippen LogP contribution in [-0.4, -0.2) is 0 Å². The van der Waals surface area contributed by atoms with Gasteiger partial charge in [0.25, 0.3) is 0 Å². The Labute approximate surface area is 334 Å². The monoisotopic (exact) mass is 725 g/mol. The van der Waals surface area contributed by atoms with Crippen LogP contribution in [0.25, 0.3) is 77.2 Å². The van der Waals surface area contributed by atoms with Crippen molar-refractivity contribution in [1.29, 1.82) is 0 Å². The van der Waals surface area contributed by atoms with Crippen LogP contribution in [0.4, 0.5) is 17.1 Å². The van der Waals surface area contributed by atoms with E-state index in [9.17, 15) is 0 Å². The van der Waals surface area contributed by atoms with Crippen molar-refractivity contribution in [2.75, 3.05) is 4.90 Å². The average Bonchev–Trinajstić information content (AvgIpc) is 3.30. The predicted molar refractivity (Wildman–Crippen MR) is 243 cm³/mol. The van der Waals surface area contributed by atoms with Crippen LogP contribution in [0.1, 0.15) is 0 Å². The molecule has 10 aromatic carbocycles. The van der Waals surface area contributed by atoms with E-state index in [0.29, 0.717) is 0 Å². The lowest BCUT2D eigenvalue weighted by molar-refractivity contribution is 1.28. The van der Waals surface area contributed by atoms with Gasteiger partial charge in [-0.2, -0.15) is 0 Å². The van der Waals surface area contributed by atoms with Crippen molar-refractivity contribution in [3.8, 4) is 55.6 Å². The standard InChI is InChI=1S/C56H39N/c1-4-17-40(18-5-1)44-24-16-25-45(37-44)41-31-34-48(35-32-41)57(55-30-15-14-27-50(55)42-19-6-2-7-20-42)56-39-47(33-36-51(56)43-21-8-3-9-22-43)54-38-46-23-10-11-26-49(46)52-28-12-13-29-53(52)54/h1-39H. The van der Waals surface area contributed by atoms with Crippen LogP contribution in [-0.2, 0) is 0 Å². The number of rotatable bonds is 8. The zero-order valence-electron chi connectivity index (χ0n) is 31.5. The normalized spacial score (nSPS) is 11.2. The molecule has 57 heavy (non-hydrogen) atoms. The molecule has 0 aliphatic heterocycles. The number of hydrogen-bond donors (Lipinski definition) is 0. The van der Waals surface area contributed by atoms with E-state index >= 15 is 0 Å². The largest absolute Gasteiger partial charge is 0.309 e. The van der Waals surface area contributed by atoms with Crippen molar-refractivity contribution in [1.82, 2.24) is 0 Å². The second-order valence-electron chi connectivity index (χ2n) is 14.5. The summed E-state index contributed by atoms with van der Waals surface area (Å²) in [5, 5.41) is 5.01. The molecule has 0 fully saturated rings. The maximum atomic E-state index is 2.46. The lowest BCUT2D eigenvalue weighted by Crippen LogP contribution is -2.12. The minimum atomic E-state index is 1.08.